The van der Waals surface area contributed by atoms with E-state index >= 15 is 0 Å². The summed E-state index contributed by atoms with van der Waals surface area (Å²) < 4.78 is 60.9. The van der Waals surface area contributed by atoms with Gasteiger partial charge in [0, 0.05) is 17.7 Å². The van der Waals surface area contributed by atoms with E-state index in [4.69, 9.17) is 4.74 Å². The number of nitrogens with zero attached hydrogens (tertiary/aromatic N) is 2. The summed E-state index contributed by atoms with van der Waals surface area (Å²) in [5.41, 5.74) is 0.361. The molecule has 0 atom stereocenters. The number of methoxy groups -OCH3 is 1. The van der Waals surface area contributed by atoms with Gasteiger partial charge >= 0.3 is 0 Å². The van der Waals surface area contributed by atoms with E-state index in [1.54, 1.807) is 18.2 Å². The highest BCUT2D eigenvalue weighted by atomic mass is 32.2. The molecule has 0 unspecified atom stereocenters. The second-order valence-electron chi connectivity index (χ2n) is 5.37. The van der Waals surface area contributed by atoms with Crippen LogP contribution in [-0.2, 0) is 16.6 Å². The van der Waals surface area contributed by atoms with Crippen molar-refractivity contribution in [1.29, 1.82) is 0 Å². The Hall–Kier alpha value is -2.94. The van der Waals surface area contributed by atoms with E-state index in [1.807, 2.05) is 0 Å². The van der Waals surface area contributed by atoms with E-state index in [0.29, 0.717) is 5.56 Å². The molecule has 1 N–H and O–H groups in total. The van der Waals surface area contributed by atoms with Gasteiger partial charge in [0.1, 0.15) is 11.6 Å². The van der Waals surface area contributed by atoms with E-state index in [9.17, 15) is 17.2 Å². The third kappa shape index (κ3) is 3.67. The molecule has 0 spiro atoms. The van der Waals surface area contributed by atoms with Crippen molar-refractivity contribution in [1.82, 2.24) is 9.78 Å². The van der Waals surface area contributed by atoms with Crippen molar-refractivity contribution in [3.63, 3.8) is 0 Å². The second-order valence-corrected chi connectivity index (χ2v) is 7.05. The van der Waals surface area contributed by atoms with Crippen molar-refractivity contribution < 1.29 is 21.9 Å². The average molecular weight is 379 g/mol. The predicted octanol–water partition coefficient (Wildman–Crippen LogP) is 3.02. The van der Waals surface area contributed by atoms with Crippen LogP contribution in [0.3, 0.4) is 0 Å². The van der Waals surface area contributed by atoms with Crippen LogP contribution in [0.2, 0.25) is 0 Å². The number of benzene rings is 2. The van der Waals surface area contributed by atoms with Crippen LogP contribution in [0.15, 0.2) is 59.6 Å². The topological polar surface area (TPSA) is 73.2 Å². The molecule has 0 aliphatic heterocycles. The van der Waals surface area contributed by atoms with Gasteiger partial charge in [-0.05, 0) is 18.2 Å². The van der Waals surface area contributed by atoms with Crippen molar-refractivity contribution in [2.45, 2.75) is 11.4 Å². The van der Waals surface area contributed by atoms with E-state index in [2.05, 4.69) is 9.82 Å². The van der Waals surface area contributed by atoms with Crippen molar-refractivity contribution >= 4 is 15.8 Å². The summed E-state index contributed by atoms with van der Waals surface area (Å²) in [6.07, 6.45) is 1.39. The van der Waals surface area contributed by atoms with Crippen LogP contribution in [0.5, 0.6) is 5.75 Å². The van der Waals surface area contributed by atoms with Gasteiger partial charge < -0.3 is 4.74 Å². The maximum absolute atomic E-state index is 13.8. The molecule has 3 rings (SSSR count). The van der Waals surface area contributed by atoms with Crippen LogP contribution in [0.1, 0.15) is 5.56 Å². The molecule has 1 heterocycles. The van der Waals surface area contributed by atoms with Crippen molar-refractivity contribution in [2.75, 3.05) is 11.8 Å². The van der Waals surface area contributed by atoms with Crippen LogP contribution >= 0.6 is 0 Å². The molecule has 0 amide bonds. The number of aromatic nitrogens is 2. The van der Waals surface area contributed by atoms with Crippen molar-refractivity contribution in [2.24, 2.45) is 0 Å². The van der Waals surface area contributed by atoms with E-state index in [0.717, 1.165) is 18.2 Å². The first-order valence-electron chi connectivity index (χ1n) is 7.52. The summed E-state index contributed by atoms with van der Waals surface area (Å²) in [7, 11) is -2.77. The third-order valence-electron chi connectivity index (χ3n) is 3.67. The molecule has 136 valence electrons. The quantitative estimate of drug-likeness (QED) is 0.715. The first kappa shape index (κ1) is 17.9. The summed E-state index contributed by atoms with van der Waals surface area (Å²) in [4.78, 5) is -0.172. The van der Waals surface area contributed by atoms with Crippen LogP contribution in [0, 0.1) is 11.6 Å². The Bertz CT molecular complexity index is 1040. The molecular formula is C17H15F2N3O3S. The number of ether oxygens (including phenoxy) is 1. The highest BCUT2D eigenvalue weighted by molar-refractivity contribution is 7.92. The van der Waals surface area contributed by atoms with Gasteiger partial charge in [-0.1, -0.05) is 18.2 Å². The number of halogens is 2. The van der Waals surface area contributed by atoms with Gasteiger partial charge in [-0.2, -0.15) is 5.10 Å². The number of sulfonamides is 1. The summed E-state index contributed by atoms with van der Waals surface area (Å²) in [5, 5.41) is 4.02. The molecule has 2 aromatic carbocycles. The fourth-order valence-corrected chi connectivity index (χ4v) is 3.41. The zero-order valence-corrected chi connectivity index (χ0v) is 14.5. The normalized spacial score (nSPS) is 11.3. The monoisotopic (exact) mass is 379 g/mol. The minimum Gasteiger partial charge on any atom is -0.494 e. The molecule has 6 nitrogen and oxygen atoms in total. The van der Waals surface area contributed by atoms with Crippen LogP contribution < -0.4 is 9.46 Å². The van der Waals surface area contributed by atoms with Gasteiger partial charge in [0.25, 0.3) is 10.0 Å². The minimum atomic E-state index is -4.01. The van der Waals surface area contributed by atoms with Crippen LogP contribution in [0.4, 0.5) is 14.6 Å². The van der Waals surface area contributed by atoms with Gasteiger partial charge in [-0.3, -0.25) is 4.72 Å². The molecule has 9 heteroatoms. The zero-order valence-electron chi connectivity index (χ0n) is 13.7. The van der Waals surface area contributed by atoms with Gasteiger partial charge in [-0.15, -0.1) is 0 Å². The number of hydrogen-bond donors (Lipinski definition) is 1. The van der Waals surface area contributed by atoms with Crippen molar-refractivity contribution in [3.8, 4) is 5.75 Å². The lowest BCUT2D eigenvalue weighted by Crippen LogP contribution is -2.17. The molecule has 0 saturated carbocycles. The Kier molecular flexibility index (Phi) is 4.90. The molecular weight excluding hydrogens is 364 g/mol. The Balaban J connectivity index is 1.88. The number of nitrogens with one attached hydrogen (secondary N) is 1. The molecule has 3 aromatic rings. The Morgan fingerprint density at radius 2 is 1.88 bits per heavy atom. The standard InChI is InChI=1S/C17H15F2N3O3S/c1-25-16-10-13(6-7-15(16)19)26(23,24)21-17-8-9-20-22(17)11-12-4-2-3-5-14(12)18/h2-10,21H,11H2,1H3. The Morgan fingerprint density at radius 1 is 1.12 bits per heavy atom. The van der Waals surface area contributed by atoms with E-state index in [1.165, 1.54) is 30.1 Å². The largest absolute Gasteiger partial charge is 0.494 e. The number of anilines is 1. The lowest BCUT2D eigenvalue weighted by molar-refractivity contribution is 0.385. The lowest BCUT2D eigenvalue weighted by Gasteiger charge is -2.12. The molecule has 26 heavy (non-hydrogen) atoms. The van der Waals surface area contributed by atoms with E-state index in [-0.39, 0.29) is 23.0 Å². The van der Waals surface area contributed by atoms with Crippen LogP contribution in [0.25, 0.3) is 0 Å². The van der Waals surface area contributed by atoms with Gasteiger partial charge in [-0.25, -0.2) is 21.9 Å². The summed E-state index contributed by atoms with van der Waals surface area (Å²) >= 11 is 0. The molecule has 0 aliphatic rings. The minimum absolute atomic E-state index is 0.0459. The summed E-state index contributed by atoms with van der Waals surface area (Å²) in [5.74, 6) is -1.12. The second kappa shape index (κ2) is 7.12. The van der Waals surface area contributed by atoms with Gasteiger partial charge in [0.2, 0.25) is 0 Å². The fourth-order valence-electron chi connectivity index (χ4n) is 2.34. The third-order valence-corrected chi connectivity index (χ3v) is 5.02. The van der Waals surface area contributed by atoms with Crippen molar-refractivity contribution in [3.05, 3.63) is 71.9 Å². The number of hydrogen-bond acceptors (Lipinski definition) is 4. The lowest BCUT2D eigenvalue weighted by atomic mass is 10.2. The smallest absolute Gasteiger partial charge is 0.263 e. The zero-order chi connectivity index (χ0) is 18.7. The Morgan fingerprint density at radius 3 is 2.62 bits per heavy atom. The fraction of sp³-hybridized carbons (Fsp3) is 0.118. The SMILES string of the molecule is COc1cc(S(=O)(=O)Nc2ccnn2Cc2ccccc2F)ccc1F. The molecule has 0 aliphatic carbocycles. The first-order chi connectivity index (χ1) is 12.4. The Labute approximate surface area is 149 Å². The maximum Gasteiger partial charge on any atom is 0.263 e. The molecule has 0 bridgehead atoms. The number of rotatable bonds is 6. The molecule has 0 saturated heterocycles. The van der Waals surface area contributed by atoms with Gasteiger partial charge in [0.15, 0.2) is 11.6 Å². The molecule has 0 radical (unpaired) electrons. The maximum atomic E-state index is 13.8. The highest BCUT2D eigenvalue weighted by Gasteiger charge is 2.19. The highest BCUT2D eigenvalue weighted by Crippen LogP contribution is 2.23. The van der Waals surface area contributed by atoms with Gasteiger partial charge in [0.05, 0.1) is 24.7 Å². The van der Waals surface area contributed by atoms with Crippen LogP contribution in [-0.4, -0.2) is 25.3 Å². The molecule has 1 aromatic heterocycles. The average Bonchev–Trinajstić information content (AvgIpc) is 3.03. The molecule has 0 fully saturated rings. The summed E-state index contributed by atoms with van der Waals surface area (Å²) in [6, 6.07) is 10.8. The summed E-state index contributed by atoms with van der Waals surface area (Å²) in [6.45, 7) is 0.0459. The predicted molar refractivity (Wildman–Crippen MR) is 91.5 cm³/mol. The van der Waals surface area contributed by atoms with E-state index < -0.39 is 21.7 Å². The first-order valence-corrected chi connectivity index (χ1v) is 9.00.